The van der Waals surface area contributed by atoms with Gasteiger partial charge in [0.1, 0.15) is 5.82 Å². The van der Waals surface area contributed by atoms with Crippen LogP contribution in [0.15, 0.2) is 30.5 Å². The number of H-pyrrole nitrogens is 1. The van der Waals surface area contributed by atoms with Crippen LogP contribution in [0.25, 0.3) is 11.3 Å². The van der Waals surface area contributed by atoms with Gasteiger partial charge in [-0.2, -0.15) is 18.3 Å². The summed E-state index contributed by atoms with van der Waals surface area (Å²) in [5.41, 5.74) is 1.92. The van der Waals surface area contributed by atoms with Gasteiger partial charge in [-0.25, -0.2) is 4.39 Å². The van der Waals surface area contributed by atoms with Crippen LogP contribution in [0.2, 0.25) is 0 Å². The topological polar surface area (TPSA) is 58.2 Å². The van der Waals surface area contributed by atoms with Crippen LogP contribution in [0.3, 0.4) is 0 Å². The van der Waals surface area contributed by atoms with Gasteiger partial charge >= 0.3 is 12.1 Å². The minimum Gasteiger partial charge on any atom is -0.469 e. The van der Waals surface area contributed by atoms with E-state index in [4.69, 9.17) is 0 Å². The standard InChI is InChI=1S/C17H19F4N3O2/c1-26-15(25)6-8-24(9-7-17(19,20)21)11-13-10-22-23-16(13)12-2-4-14(18)5-3-12/h2-5,10H,6-9,11H2,1H3,(H,22,23). The molecule has 9 heteroatoms. The van der Waals surface area contributed by atoms with Gasteiger partial charge in [-0.05, 0) is 24.3 Å². The third-order valence-electron chi connectivity index (χ3n) is 3.82. The number of esters is 1. The number of nitrogens with zero attached hydrogens (tertiary/aromatic N) is 2. The number of halogens is 4. The molecule has 1 aromatic carbocycles. The Hall–Kier alpha value is -2.42. The fourth-order valence-corrected chi connectivity index (χ4v) is 2.44. The molecule has 26 heavy (non-hydrogen) atoms. The minimum absolute atomic E-state index is 0.0158. The zero-order chi connectivity index (χ0) is 19.2. The smallest absolute Gasteiger partial charge is 0.390 e. The van der Waals surface area contributed by atoms with E-state index in [0.29, 0.717) is 16.8 Å². The van der Waals surface area contributed by atoms with Gasteiger partial charge in [0.25, 0.3) is 0 Å². The lowest BCUT2D eigenvalue weighted by Crippen LogP contribution is -2.30. The molecular formula is C17H19F4N3O2. The van der Waals surface area contributed by atoms with E-state index in [2.05, 4.69) is 14.9 Å². The van der Waals surface area contributed by atoms with Crippen LogP contribution >= 0.6 is 0 Å². The van der Waals surface area contributed by atoms with Crippen molar-refractivity contribution in [3.63, 3.8) is 0 Å². The number of hydrogen-bond acceptors (Lipinski definition) is 4. The molecule has 0 amide bonds. The van der Waals surface area contributed by atoms with Crippen LogP contribution in [0.5, 0.6) is 0 Å². The highest BCUT2D eigenvalue weighted by Gasteiger charge is 2.28. The Bertz CT molecular complexity index is 714. The van der Waals surface area contributed by atoms with E-state index in [1.165, 1.54) is 30.3 Å². The lowest BCUT2D eigenvalue weighted by atomic mass is 10.1. The molecular weight excluding hydrogens is 354 g/mol. The van der Waals surface area contributed by atoms with Gasteiger partial charge in [0.05, 0.1) is 31.8 Å². The molecule has 0 bridgehead atoms. The molecule has 0 spiro atoms. The van der Waals surface area contributed by atoms with Crippen LogP contribution < -0.4 is 0 Å². The molecule has 0 unspecified atom stereocenters. The number of carbonyl (C=O) groups is 1. The number of ether oxygens (including phenoxy) is 1. The highest BCUT2D eigenvalue weighted by atomic mass is 19.4. The molecule has 5 nitrogen and oxygen atoms in total. The first-order chi connectivity index (χ1) is 12.3. The largest absolute Gasteiger partial charge is 0.469 e. The number of methoxy groups -OCH3 is 1. The Labute approximate surface area is 148 Å². The second-order valence-electron chi connectivity index (χ2n) is 5.74. The van der Waals surface area contributed by atoms with E-state index in [1.54, 1.807) is 12.1 Å². The first-order valence-electron chi connectivity index (χ1n) is 7.92. The molecule has 1 aromatic heterocycles. The summed E-state index contributed by atoms with van der Waals surface area (Å²) in [6, 6.07) is 5.69. The van der Waals surface area contributed by atoms with E-state index in [1.807, 2.05) is 0 Å². The van der Waals surface area contributed by atoms with Crippen LogP contribution in [0.1, 0.15) is 18.4 Å². The average Bonchev–Trinajstić information content (AvgIpc) is 3.05. The van der Waals surface area contributed by atoms with E-state index < -0.39 is 18.6 Å². The lowest BCUT2D eigenvalue weighted by Gasteiger charge is -2.22. The van der Waals surface area contributed by atoms with Crippen molar-refractivity contribution in [2.75, 3.05) is 20.2 Å². The van der Waals surface area contributed by atoms with Crippen LogP contribution in [-0.2, 0) is 16.1 Å². The number of rotatable bonds is 8. The van der Waals surface area contributed by atoms with Gasteiger partial charge in [-0.3, -0.25) is 14.8 Å². The number of aromatic amines is 1. The molecule has 142 valence electrons. The third kappa shape index (κ3) is 6.14. The Kier molecular flexibility index (Phi) is 6.73. The van der Waals surface area contributed by atoms with Crippen LogP contribution in [-0.4, -0.2) is 47.4 Å². The molecule has 0 saturated carbocycles. The molecule has 2 aromatic rings. The summed E-state index contributed by atoms with van der Waals surface area (Å²) in [7, 11) is 1.23. The van der Waals surface area contributed by atoms with Crippen molar-refractivity contribution in [2.45, 2.75) is 25.6 Å². The third-order valence-corrected chi connectivity index (χ3v) is 3.82. The number of nitrogens with one attached hydrogen (secondary N) is 1. The average molecular weight is 373 g/mol. The number of carbonyl (C=O) groups excluding carboxylic acids is 1. The molecule has 0 aliphatic carbocycles. The zero-order valence-corrected chi connectivity index (χ0v) is 14.1. The summed E-state index contributed by atoms with van der Waals surface area (Å²) in [5.74, 6) is -0.882. The minimum atomic E-state index is -4.29. The van der Waals surface area contributed by atoms with Crippen LogP contribution in [0.4, 0.5) is 17.6 Å². The maximum absolute atomic E-state index is 13.1. The van der Waals surface area contributed by atoms with Gasteiger partial charge in [-0.1, -0.05) is 0 Å². The van der Waals surface area contributed by atoms with E-state index in [0.717, 1.165) is 0 Å². The predicted octanol–water partition coefficient (Wildman–Crippen LogP) is 3.53. The summed E-state index contributed by atoms with van der Waals surface area (Å²) in [6.07, 6.45) is -3.78. The van der Waals surface area contributed by atoms with Crippen molar-refractivity contribution in [3.05, 3.63) is 41.8 Å². The molecule has 0 atom stereocenters. The van der Waals surface area contributed by atoms with E-state index in [-0.39, 0.29) is 31.9 Å². The van der Waals surface area contributed by atoms with Crippen molar-refractivity contribution in [3.8, 4) is 11.3 Å². The van der Waals surface area contributed by atoms with Gasteiger partial charge in [0.15, 0.2) is 0 Å². The molecule has 0 fully saturated rings. The Morgan fingerprint density at radius 1 is 1.23 bits per heavy atom. The zero-order valence-electron chi connectivity index (χ0n) is 14.1. The number of alkyl halides is 3. The highest BCUT2D eigenvalue weighted by molar-refractivity contribution is 5.69. The van der Waals surface area contributed by atoms with E-state index >= 15 is 0 Å². The lowest BCUT2D eigenvalue weighted by molar-refractivity contribution is -0.142. The Morgan fingerprint density at radius 3 is 2.54 bits per heavy atom. The molecule has 1 heterocycles. The molecule has 1 N–H and O–H groups in total. The van der Waals surface area contributed by atoms with Gasteiger partial charge < -0.3 is 4.74 Å². The van der Waals surface area contributed by atoms with Crippen molar-refractivity contribution in [1.82, 2.24) is 15.1 Å². The number of aromatic nitrogens is 2. The van der Waals surface area contributed by atoms with Crippen molar-refractivity contribution in [1.29, 1.82) is 0 Å². The summed E-state index contributed by atoms with van der Waals surface area (Å²) < 4.78 is 55.3. The highest BCUT2D eigenvalue weighted by Crippen LogP contribution is 2.24. The summed E-state index contributed by atoms with van der Waals surface area (Å²) in [5, 5.41) is 6.72. The second kappa shape index (κ2) is 8.79. The first kappa shape index (κ1) is 19.9. The Morgan fingerprint density at radius 2 is 1.92 bits per heavy atom. The monoisotopic (exact) mass is 373 g/mol. The summed E-state index contributed by atoms with van der Waals surface area (Å²) in [4.78, 5) is 12.8. The molecule has 2 rings (SSSR count). The van der Waals surface area contributed by atoms with Crippen molar-refractivity contribution < 1.29 is 27.1 Å². The van der Waals surface area contributed by atoms with Gasteiger partial charge in [0, 0.05) is 30.8 Å². The van der Waals surface area contributed by atoms with Gasteiger partial charge in [-0.15, -0.1) is 0 Å². The molecule has 0 radical (unpaired) electrons. The summed E-state index contributed by atoms with van der Waals surface area (Å²) >= 11 is 0. The van der Waals surface area contributed by atoms with Crippen LogP contribution in [0, 0.1) is 5.82 Å². The quantitative estimate of drug-likeness (QED) is 0.568. The molecule has 0 aliphatic heterocycles. The maximum atomic E-state index is 13.1. The predicted molar refractivity (Wildman–Crippen MR) is 86.6 cm³/mol. The normalized spacial score (nSPS) is 11.8. The fraction of sp³-hybridized carbons (Fsp3) is 0.412. The van der Waals surface area contributed by atoms with Gasteiger partial charge in [0.2, 0.25) is 0 Å². The van der Waals surface area contributed by atoms with Crippen molar-refractivity contribution >= 4 is 5.97 Å². The molecule has 0 saturated heterocycles. The second-order valence-corrected chi connectivity index (χ2v) is 5.74. The van der Waals surface area contributed by atoms with E-state index in [9.17, 15) is 22.4 Å². The first-order valence-corrected chi connectivity index (χ1v) is 7.92. The summed E-state index contributed by atoms with van der Waals surface area (Å²) in [6.45, 7) is 0.0294. The number of benzene rings is 1. The van der Waals surface area contributed by atoms with Crippen molar-refractivity contribution in [2.24, 2.45) is 0 Å². The molecule has 0 aliphatic rings. The number of hydrogen-bond donors (Lipinski definition) is 1. The maximum Gasteiger partial charge on any atom is 0.390 e. The fourth-order valence-electron chi connectivity index (χ4n) is 2.44. The Balaban J connectivity index is 2.12. The SMILES string of the molecule is COC(=O)CCN(CCC(F)(F)F)Cc1cn[nH]c1-c1ccc(F)cc1.